The SMILES string of the molecule is CNC(=O)Cc1ccc(Cl)c(CN(C(=O)[C@H]2CNCC(=O)N2c2cnc(OCCCOCc3ccccc3OC)nc2)C2CC2)c1. The maximum absolute atomic E-state index is 14.1. The van der Waals surface area contributed by atoms with Gasteiger partial charge in [-0.3, -0.25) is 19.3 Å². The minimum Gasteiger partial charge on any atom is -0.496 e. The highest BCUT2D eigenvalue weighted by molar-refractivity contribution is 6.31. The van der Waals surface area contributed by atoms with Crippen molar-refractivity contribution in [1.82, 2.24) is 25.5 Å². The Kier molecular flexibility index (Phi) is 11.4. The van der Waals surface area contributed by atoms with Crippen molar-refractivity contribution in [3.63, 3.8) is 0 Å². The Hall–Kier alpha value is -4.26. The highest BCUT2D eigenvalue weighted by Gasteiger charge is 2.41. The molecule has 1 saturated heterocycles. The van der Waals surface area contributed by atoms with E-state index in [0.29, 0.717) is 37.0 Å². The quantitative estimate of drug-likeness (QED) is 0.238. The van der Waals surface area contributed by atoms with Gasteiger partial charge in [0.2, 0.25) is 17.7 Å². The Bertz CT molecular complexity index is 1520. The number of hydrogen-bond donors (Lipinski definition) is 2. The summed E-state index contributed by atoms with van der Waals surface area (Å²) in [5.41, 5.74) is 2.94. The number of nitrogens with one attached hydrogen (secondary N) is 2. The third-order valence-corrected chi connectivity index (χ3v) is 8.22. The molecule has 2 N–H and O–H groups in total. The lowest BCUT2D eigenvalue weighted by atomic mass is 10.1. The summed E-state index contributed by atoms with van der Waals surface area (Å²) >= 11 is 6.53. The van der Waals surface area contributed by atoms with Gasteiger partial charge in [0, 0.05) is 43.2 Å². The summed E-state index contributed by atoms with van der Waals surface area (Å²) in [6.07, 6.45) is 5.59. The molecule has 2 aliphatic rings. The second-order valence-electron chi connectivity index (χ2n) is 11.2. The number of amides is 3. The number of anilines is 1. The van der Waals surface area contributed by atoms with Crippen molar-refractivity contribution in [3.05, 3.63) is 76.6 Å². The maximum Gasteiger partial charge on any atom is 0.316 e. The Morgan fingerprint density at radius 1 is 1.11 bits per heavy atom. The number of hydrogen-bond acceptors (Lipinski definition) is 9. The predicted molar refractivity (Wildman–Crippen MR) is 172 cm³/mol. The van der Waals surface area contributed by atoms with Crippen molar-refractivity contribution in [3.8, 4) is 11.8 Å². The summed E-state index contributed by atoms with van der Waals surface area (Å²) in [5.74, 6) is 0.228. The molecule has 1 atom stereocenters. The van der Waals surface area contributed by atoms with Gasteiger partial charge >= 0.3 is 6.01 Å². The minimum atomic E-state index is -0.787. The number of piperazine rings is 1. The van der Waals surface area contributed by atoms with Crippen LogP contribution >= 0.6 is 11.6 Å². The van der Waals surface area contributed by atoms with Crippen molar-refractivity contribution >= 4 is 35.0 Å². The molecule has 244 valence electrons. The van der Waals surface area contributed by atoms with Crippen LogP contribution in [-0.4, -0.2) is 85.1 Å². The van der Waals surface area contributed by atoms with Gasteiger partial charge in [0.25, 0.3) is 0 Å². The first-order chi connectivity index (χ1) is 22.4. The lowest BCUT2D eigenvalue weighted by Crippen LogP contribution is -2.61. The van der Waals surface area contributed by atoms with Crippen LogP contribution in [0.2, 0.25) is 5.02 Å². The number of benzene rings is 2. The van der Waals surface area contributed by atoms with E-state index in [9.17, 15) is 14.4 Å². The minimum absolute atomic E-state index is 0.0516. The van der Waals surface area contributed by atoms with Crippen LogP contribution in [0.3, 0.4) is 0 Å². The summed E-state index contributed by atoms with van der Waals surface area (Å²) < 4.78 is 16.8. The molecule has 12 nitrogen and oxygen atoms in total. The average molecular weight is 651 g/mol. The van der Waals surface area contributed by atoms with Gasteiger partial charge in [-0.1, -0.05) is 41.9 Å². The lowest BCUT2D eigenvalue weighted by Gasteiger charge is -2.38. The van der Waals surface area contributed by atoms with Gasteiger partial charge in [-0.05, 0) is 36.1 Å². The number of rotatable bonds is 15. The number of carbonyl (C=O) groups is 3. The second kappa shape index (κ2) is 15.8. The van der Waals surface area contributed by atoms with E-state index in [0.717, 1.165) is 35.3 Å². The first kappa shape index (κ1) is 33.1. The van der Waals surface area contributed by atoms with Crippen LogP contribution in [0.1, 0.15) is 36.0 Å². The highest BCUT2D eigenvalue weighted by Crippen LogP contribution is 2.32. The van der Waals surface area contributed by atoms with Gasteiger partial charge in [-0.15, -0.1) is 0 Å². The van der Waals surface area contributed by atoms with E-state index >= 15 is 0 Å². The summed E-state index contributed by atoms with van der Waals surface area (Å²) in [7, 11) is 3.22. The van der Waals surface area contributed by atoms with Crippen molar-refractivity contribution in [2.45, 2.75) is 50.9 Å². The van der Waals surface area contributed by atoms with Crippen molar-refractivity contribution in [2.24, 2.45) is 0 Å². The second-order valence-corrected chi connectivity index (χ2v) is 11.6. The molecule has 46 heavy (non-hydrogen) atoms. The van der Waals surface area contributed by atoms with Crippen LogP contribution in [0.15, 0.2) is 54.9 Å². The van der Waals surface area contributed by atoms with Crippen molar-refractivity contribution < 1.29 is 28.6 Å². The number of methoxy groups -OCH3 is 1. The van der Waals surface area contributed by atoms with Gasteiger partial charge in [0.15, 0.2) is 0 Å². The van der Waals surface area contributed by atoms with Crippen molar-refractivity contribution in [1.29, 1.82) is 0 Å². The molecule has 0 radical (unpaired) electrons. The van der Waals surface area contributed by atoms with Crippen LogP contribution in [0, 0.1) is 0 Å². The lowest BCUT2D eigenvalue weighted by molar-refractivity contribution is -0.136. The molecule has 1 saturated carbocycles. The molecular formula is C33H39ClN6O6. The van der Waals surface area contributed by atoms with Crippen molar-refractivity contribution in [2.75, 3.05) is 45.4 Å². The standard InChI is InChI=1S/C33H39ClN6O6/c1-35-30(41)15-22-8-11-27(34)24(14-22)20-39(25-9-10-25)32(43)28-18-36-19-31(42)40(28)26-16-37-33(38-17-26)46-13-5-12-45-21-23-6-3-4-7-29(23)44-2/h3-4,6-8,11,14,16-17,25,28,36H,5,9-10,12-13,15,18-21H2,1-2H3,(H,35,41)/t28-/m1/s1. The Labute approximate surface area is 273 Å². The number of likely N-dealkylation sites (N-methyl/N-ethyl adjacent to an activating group) is 1. The van der Waals surface area contributed by atoms with Crippen LogP contribution in [-0.2, 0) is 38.7 Å². The molecule has 3 aromatic rings. The largest absolute Gasteiger partial charge is 0.496 e. The van der Waals surface area contributed by atoms with E-state index in [2.05, 4.69) is 20.6 Å². The third-order valence-electron chi connectivity index (χ3n) is 7.85. The van der Waals surface area contributed by atoms with Gasteiger partial charge in [0.1, 0.15) is 11.8 Å². The molecule has 1 aliphatic carbocycles. The Morgan fingerprint density at radius 3 is 2.63 bits per heavy atom. The Balaban J connectivity index is 1.19. The molecule has 5 rings (SSSR count). The normalized spacial score (nSPS) is 16.2. The number of carbonyl (C=O) groups excluding carboxylic acids is 3. The monoisotopic (exact) mass is 650 g/mol. The zero-order valence-electron chi connectivity index (χ0n) is 26.0. The van der Waals surface area contributed by atoms with Crippen LogP contribution in [0.4, 0.5) is 5.69 Å². The summed E-state index contributed by atoms with van der Waals surface area (Å²) in [6.45, 7) is 1.91. The predicted octanol–water partition coefficient (Wildman–Crippen LogP) is 2.91. The molecule has 0 bridgehead atoms. The molecule has 1 aromatic heterocycles. The summed E-state index contributed by atoms with van der Waals surface area (Å²) in [5, 5.41) is 6.21. The topological polar surface area (TPSA) is 135 Å². The molecule has 2 fully saturated rings. The number of aromatic nitrogens is 2. The van der Waals surface area contributed by atoms with Gasteiger partial charge < -0.3 is 29.7 Å². The molecule has 3 amide bonds. The molecule has 13 heteroatoms. The van der Waals surface area contributed by atoms with Gasteiger partial charge in [-0.25, -0.2) is 9.97 Å². The molecular weight excluding hydrogens is 612 g/mol. The molecule has 1 aliphatic heterocycles. The molecule has 0 unspecified atom stereocenters. The smallest absolute Gasteiger partial charge is 0.316 e. The van der Waals surface area contributed by atoms with Crippen LogP contribution in [0.5, 0.6) is 11.8 Å². The van der Waals surface area contributed by atoms with E-state index < -0.39 is 6.04 Å². The van der Waals surface area contributed by atoms with Gasteiger partial charge in [-0.2, -0.15) is 0 Å². The van der Waals surface area contributed by atoms with E-state index in [1.165, 1.54) is 17.3 Å². The van der Waals surface area contributed by atoms with Crippen LogP contribution < -0.4 is 25.0 Å². The van der Waals surface area contributed by atoms with Gasteiger partial charge in [0.05, 0.1) is 58.0 Å². The maximum atomic E-state index is 14.1. The Morgan fingerprint density at radius 2 is 1.89 bits per heavy atom. The summed E-state index contributed by atoms with van der Waals surface area (Å²) in [4.78, 5) is 51.0. The summed E-state index contributed by atoms with van der Waals surface area (Å²) in [6, 6.07) is 12.6. The zero-order valence-corrected chi connectivity index (χ0v) is 26.8. The third kappa shape index (κ3) is 8.51. The van der Waals surface area contributed by atoms with E-state index in [1.54, 1.807) is 31.2 Å². The number of para-hydroxylation sites is 1. The first-order valence-corrected chi connectivity index (χ1v) is 15.7. The molecule has 0 spiro atoms. The molecule has 2 aromatic carbocycles. The number of halogens is 1. The average Bonchev–Trinajstić information content (AvgIpc) is 3.92. The zero-order chi connectivity index (χ0) is 32.5. The fraction of sp³-hybridized carbons (Fsp3) is 0.424. The van der Waals surface area contributed by atoms with Crippen LogP contribution in [0.25, 0.3) is 0 Å². The van der Waals surface area contributed by atoms with E-state index in [4.69, 9.17) is 25.8 Å². The number of ether oxygens (including phenoxy) is 3. The van der Waals surface area contributed by atoms with E-state index in [1.807, 2.05) is 30.3 Å². The van der Waals surface area contributed by atoms with E-state index in [-0.39, 0.29) is 55.8 Å². The fourth-order valence-corrected chi connectivity index (χ4v) is 5.48. The number of nitrogens with zero attached hydrogens (tertiary/aromatic N) is 4. The molecule has 2 heterocycles. The highest BCUT2D eigenvalue weighted by atomic mass is 35.5. The first-order valence-electron chi connectivity index (χ1n) is 15.3. The fourth-order valence-electron chi connectivity index (χ4n) is 5.31.